The van der Waals surface area contributed by atoms with Gasteiger partial charge in [0.15, 0.2) is 0 Å². The summed E-state index contributed by atoms with van der Waals surface area (Å²) in [4.78, 5) is 3.69. The van der Waals surface area contributed by atoms with Gasteiger partial charge in [-0.05, 0) is 10.8 Å². The Balaban J connectivity index is 2.46. The molecule has 6 heavy (non-hydrogen) atoms. The van der Waals surface area contributed by atoms with Crippen LogP contribution in [0.15, 0.2) is 16.6 Å². The molecule has 0 aromatic rings. The quantitative estimate of drug-likeness (QED) is 0.447. The fraction of sp³-hybridized carbons (Fsp3) is 0. The molecular formula is C3H2NS2. The minimum atomic E-state index is 1.51. The Bertz CT molecular complexity index is 74.8. The Morgan fingerprint density at radius 3 is 2.83 bits per heavy atom. The minimum absolute atomic E-state index is 1.51. The van der Waals surface area contributed by atoms with Crippen LogP contribution in [0, 0.1) is 0 Å². The second-order valence-corrected chi connectivity index (χ2v) is 2.58. The van der Waals surface area contributed by atoms with E-state index in [0.717, 1.165) is 0 Å². The molecule has 1 nitrogen and oxygen atoms in total. The molecule has 0 bridgehead atoms. The van der Waals surface area contributed by atoms with Crippen molar-refractivity contribution in [3.8, 4) is 0 Å². The summed E-state index contributed by atoms with van der Waals surface area (Å²) < 4.78 is 0. The smallest absolute Gasteiger partial charge is 0.140 e. The lowest BCUT2D eigenvalue weighted by molar-refractivity contribution is 1.64. The monoisotopic (exact) mass is 116 g/mol. The molecule has 0 atom stereocenters. The highest BCUT2D eigenvalue weighted by atomic mass is 33.1. The summed E-state index contributed by atoms with van der Waals surface area (Å²) in [5, 5.41) is 1.92. The van der Waals surface area contributed by atoms with E-state index in [1.54, 1.807) is 17.0 Å². The molecule has 0 saturated carbocycles. The first kappa shape index (κ1) is 4.27. The molecule has 1 radical (unpaired) electrons. The largest absolute Gasteiger partial charge is 0.246 e. The van der Waals surface area contributed by atoms with Crippen molar-refractivity contribution >= 4 is 27.1 Å². The van der Waals surface area contributed by atoms with Crippen LogP contribution in [0.1, 0.15) is 0 Å². The van der Waals surface area contributed by atoms with Crippen LogP contribution in [0.5, 0.6) is 0 Å². The standard InChI is InChI=1S/C3H2NS2/c1-2-5-6-3-4-1/h1-2H. The van der Waals surface area contributed by atoms with Crippen LogP contribution in [0.2, 0.25) is 0 Å². The number of hydrogen-bond acceptors (Lipinski definition) is 3. The van der Waals surface area contributed by atoms with Crippen molar-refractivity contribution in [1.29, 1.82) is 0 Å². The molecule has 3 heteroatoms. The Labute approximate surface area is 44.3 Å². The van der Waals surface area contributed by atoms with Crippen LogP contribution in [0.25, 0.3) is 0 Å². The summed E-state index contributed by atoms with van der Waals surface area (Å²) in [5.41, 5.74) is 2.70. The maximum atomic E-state index is 3.69. The van der Waals surface area contributed by atoms with Gasteiger partial charge in [0.2, 0.25) is 0 Å². The molecular weight excluding hydrogens is 114 g/mol. The molecule has 0 spiro atoms. The van der Waals surface area contributed by atoms with E-state index < -0.39 is 0 Å². The number of aliphatic imine (C=N–C) groups is 1. The van der Waals surface area contributed by atoms with Gasteiger partial charge in [-0.3, -0.25) is 0 Å². The number of nitrogens with zero attached hydrogens (tertiary/aromatic N) is 1. The molecule has 0 unspecified atom stereocenters. The Hall–Kier alpha value is 0.110. The zero-order valence-corrected chi connectivity index (χ0v) is 4.55. The predicted octanol–water partition coefficient (Wildman–Crippen LogP) is 1.76. The Morgan fingerprint density at radius 2 is 2.67 bits per heavy atom. The first-order valence-electron chi connectivity index (χ1n) is 1.42. The second kappa shape index (κ2) is 2.31. The van der Waals surface area contributed by atoms with E-state index in [4.69, 9.17) is 0 Å². The van der Waals surface area contributed by atoms with Crippen LogP contribution < -0.4 is 0 Å². The van der Waals surface area contributed by atoms with Crippen LogP contribution in [0.4, 0.5) is 0 Å². The molecule has 0 aromatic carbocycles. The van der Waals surface area contributed by atoms with Gasteiger partial charge >= 0.3 is 0 Å². The third-order valence-electron chi connectivity index (χ3n) is 0.329. The van der Waals surface area contributed by atoms with Crippen molar-refractivity contribution in [2.24, 2.45) is 4.99 Å². The van der Waals surface area contributed by atoms with Crippen LogP contribution in [-0.2, 0) is 0 Å². The molecule has 0 amide bonds. The average Bonchev–Trinajstić information content (AvgIpc) is 1.72. The Kier molecular flexibility index (Phi) is 1.65. The first-order valence-corrected chi connectivity index (χ1v) is 3.63. The first-order chi connectivity index (χ1) is 3.00. The molecule has 31 valence electrons. The topological polar surface area (TPSA) is 12.4 Å². The molecule has 0 aromatic heterocycles. The second-order valence-electron chi connectivity index (χ2n) is 0.685. The highest BCUT2D eigenvalue weighted by Gasteiger charge is 1.81. The molecule has 0 aliphatic carbocycles. The van der Waals surface area contributed by atoms with Gasteiger partial charge in [0.1, 0.15) is 5.55 Å². The highest BCUT2D eigenvalue weighted by molar-refractivity contribution is 8.82. The zero-order chi connectivity index (χ0) is 4.24. The lowest BCUT2D eigenvalue weighted by atomic mass is 11.0. The maximum Gasteiger partial charge on any atom is 0.140 e. The van der Waals surface area contributed by atoms with E-state index in [9.17, 15) is 0 Å². The van der Waals surface area contributed by atoms with Crippen molar-refractivity contribution in [2.45, 2.75) is 0 Å². The van der Waals surface area contributed by atoms with Crippen molar-refractivity contribution in [1.82, 2.24) is 0 Å². The summed E-state index contributed by atoms with van der Waals surface area (Å²) in [6.07, 6.45) is 1.72. The molecule has 1 aliphatic heterocycles. The molecule has 0 saturated heterocycles. The van der Waals surface area contributed by atoms with Crippen LogP contribution in [0.3, 0.4) is 0 Å². The van der Waals surface area contributed by atoms with Gasteiger partial charge in [-0.25, -0.2) is 4.99 Å². The highest BCUT2D eigenvalue weighted by Crippen LogP contribution is 2.22. The van der Waals surface area contributed by atoms with E-state index in [0.29, 0.717) is 0 Å². The third kappa shape index (κ3) is 1.06. The predicted molar refractivity (Wildman–Crippen MR) is 31.8 cm³/mol. The normalized spacial score (nSPS) is 18.7. The zero-order valence-electron chi connectivity index (χ0n) is 2.92. The summed E-state index contributed by atoms with van der Waals surface area (Å²) >= 11 is 0. The van der Waals surface area contributed by atoms with Gasteiger partial charge in [0.25, 0.3) is 0 Å². The molecule has 0 fully saturated rings. The number of hydrogen-bond donors (Lipinski definition) is 0. The molecule has 1 aliphatic rings. The van der Waals surface area contributed by atoms with E-state index in [-0.39, 0.29) is 0 Å². The maximum absolute atomic E-state index is 3.69. The summed E-state index contributed by atoms with van der Waals surface area (Å²) in [5.74, 6) is 0. The number of rotatable bonds is 0. The molecule has 1 rings (SSSR count). The average molecular weight is 116 g/mol. The molecule has 0 N–H and O–H groups in total. The van der Waals surface area contributed by atoms with Crippen LogP contribution >= 0.6 is 21.6 Å². The van der Waals surface area contributed by atoms with Gasteiger partial charge in [-0.15, -0.1) is 0 Å². The van der Waals surface area contributed by atoms with Gasteiger partial charge in [0.05, 0.1) is 0 Å². The van der Waals surface area contributed by atoms with Gasteiger partial charge in [-0.1, -0.05) is 10.8 Å². The van der Waals surface area contributed by atoms with E-state index >= 15 is 0 Å². The van der Waals surface area contributed by atoms with Crippen molar-refractivity contribution in [2.75, 3.05) is 0 Å². The van der Waals surface area contributed by atoms with Crippen LogP contribution in [-0.4, -0.2) is 5.55 Å². The lowest BCUT2D eigenvalue weighted by Gasteiger charge is -1.85. The van der Waals surface area contributed by atoms with Gasteiger partial charge in [-0.2, -0.15) is 0 Å². The van der Waals surface area contributed by atoms with E-state index in [1.807, 2.05) is 5.41 Å². The van der Waals surface area contributed by atoms with Gasteiger partial charge < -0.3 is 0 Å². The lowest BCUT2D eigenvalue weighted by Crippen LogP contribution is -1.58. The van der Waals surface area contributed by atoms with Gasteiger partial charge in [0, 0.05) is 11.6 Å². The van der Waals surface area contributed by atoms with E-state index in [2.05, 4.69) is 10.5 Å². The minimum Gasteiger partial charge on any atom is -0.246 e. The molecule has 1 heterocycles. The fourth-order valence-electron chi connectivity index (χ4n) is 0.157. The van der Waals surface area contributed by atoms with Crippen molar-refractivity contribution in [3.63, 3.8) is 0 Å². The Morgan fingerprint density at radius 1 is 1.67 bits per heavy atom. The van der Waals surface area contributed by atoms with Crippen molar-refractivity contribution < 1.29 is 0 Å². The van der Waals surface area contributed by atoms with Crippen molar-refractivity contribution in [3.05, 3.63) is 11.6 Å². The summed E-state index contributed by atoms with van der Waals surface area (Å²) in [7, 11) is 3.13. The SMILES string of the molecule is [C]1=NC=CSS1. The third-order valence-corrected chi connectivity index (χ3v) is 1.68. The van der Waals surface area contributed by atoms with E-state index in [1.165, 1.54) is 10.8 Å². The summed E-state index contributed by atoms with van der Waals surface area (Å²) in [6.45, 7) is 0. The summed E-state index contributed by atoms with van der Waals surface area (Å²) in [6, 6.07) is 0. The fourth-order valence-corrected chi connectivity index (χ4v) is 1.04.